The number of carbonyl (C=O) groups is 1. The van der Waals surface area contributed by atoms with E-state index in [2.05, 4.69) is 4.98 Å². The second-order valence-corrected chi connectivity index (χ2v) is 9.28. The van der Waals surface area contributed by atoms with Crippen LogP contribution >= 0.6 is 0 Å². The molecule has 2 heterocycles. The number of ether oxygens (including phenoxy) is 4. The minimum atomic E-state index is -0.329. The number of hydrogen-bond acceptors (Lipinski definition) is 8. The number of furan rings is 1. The van der Waals surface area contributed by atoms with E-state index < -0.39 is 0 Å². The zero-order chi connectivity index (χ0) is 27.1. The van der Waals surface area contributed by atoms with Gasteiger partial charge in [0.1, 0.15) is 36.4 Å². The topological polar surface area (TPSA) is 106 Å². The van der Waals surface area contributed by atoms with Gasteiger partial charge in [0.25, 0.3) is 0 Å². The van der Waals surface area contributed by atoms with Crippen LogP contribution in [-0.2, 0) is 45.2 Å². The number of pyridine rings is 1. The predicted octanol–water partition coefficient (Wildman–Crippen LogP) is 5.11. The van der Waals surface area contributed by atoms with E-state index in [1.807, 2.05) is 55.5 Å². The van der Waals surface area contributed by atoms with Gasteiger partial charge in [-0.15, -0.1) is 0 Å². The highest BCUT2D eigenvalue weighted by Gasteiger charge is 2.16. The predicted molar refractivity (Wildman–Crippen MR) is 145 cm³/mol. The lowest BCUT2D eigenvalue weighted by Crippen LogP contribution is -2.21. The molecular formula is C30H34N2O6. The molecule has 2 aromatic heterocycles. The molecule has 8 nitrogen and oxygen atoms in total. The van der Waals surface area contributed by atoms with E-state index in [0.717, 1.165) is 50.2 Å². The summed E-state index contributed by atoms with van der Waals surface area (Å²) in [5.74, 6) is 1.05. The van der Waals surface area contributed by atoms with Crippen LogP contribution in [-0.4, -0.2) is 37.9 Å². The molecule has 0 amide bonds. The highest BCUT2D eigenvalue weighted by Crippen LogP contribution is 2.34. The van der Waals surface area contributed by atoms with Crippen molar-refractivity contribution in [1.29, 1.82) is 0 Å². The van der Waals surface area contributed by atoms with Crippen molar-refractivity contribution in [2.45, 2.75) is 46.1 Å². The third kappa shape index (κ3) is 6.77. The van der Waals surface area contributed by atoms with Crippen molar-refractivity contribution in [2.24, 2.45) is 5.73 Å². The number of hydrogen-bond donors (Lipinski definition) is 1. The fraction of sp³-hybridized carbons (Fsp3) is 0.333. The smallest absolute Gasteiger partial charge is 0.310 e. The Kier molecular flexibility index (Phi) is 9.12. The van der Waals surface area contributed by atoms with Crippen molar-refractivity contribution in [3.63, 3.8) is 0 Å². The fourth-order valence-electron chi connectivity index (χ4n) is 4.33. The van der Waals surface area contributed by atoms with E-state index in [0.29, 0.717) is 32.1 Å². The number of benzene rings is 2. The number of aryl methyl sites for hydroxylation is 1. The average Bonchev–Trinajstić information content (AvgIpc) is 3.31. The Hall–Kier alpha value is -3.72. The quantitative estimate of drug-likeness (QED) is 0.258. The fourth-order valence-corrected chi connectivity index (χ4v) is 4.33. The Morgan fingerprint density at radius 1 is 1.05 bits per heavy atom. The Labute approximate surface area is 222 Å². The molecule has 0 aliphatic heterocycles. The normalized spacial score (nSPS) is 12.0. The van der Waals surface area contributed by atoms with E-state index in [4.69, 9.17) is 29.1 Å². The van der Waals surface area contributed by atoms with Gasteiger partial charge in [0, 0.05) is 43.5 Å². The van der Waals surface area contributed by atoms with Crippen LogP contribution in [0, 0.1) is 6.92 Å². The molecule has 0 bridgehead atoms. The maximum Gasteiger partial charge on any atom is 0.310 e. The van der Waals surface area contributed by atoms with Crippen LogP contribution in [0.3, 0.4) is 0 Å². The van der Waals surface area contributed by atoms with Crippen molar-refractivity contribution in [3.8, 4) is 16.9 Å². The number of nitrogens with two attached hydrogens (primary N) is 1. The Balaban J connectivity index is 1.62. The number of nitrogens with zero attached hydrogens (tertiary/aromatic N) is 1. The molecule has 0 radical (unpaired) electrons. The molecule has 8 heteroatoms. The number of fused-ring (bicyclic) bond motifs is 1. The van der Waals surface area contributed by atoms with Crippen molar-refractivity contribution in [2.75, 3.05) is 20.8 Å². The molecule has 1 atom stereocenters. The lowest BCUT2D eigenvalue weighted by molar-refractivity contribution is -0.149. The number of rotatable bonds is 12. The first-order valence-corrected chi connectivity index (χ1v) is 12.5. The monoisotopic (exact) mass is 518 g/mol. The van der Waals surface area contributed by atoms with Gasteiger partial charge in [-0.25, -0.2) is 0 Å². The number of esters is 1. The largest absolute Gasteiger partial charge is 0.489 e. The van der Waals surface area contributed by atoms with Crippen molar-refractivity contribution < 1.29 is 28.2 Å². The van der Waals surface area contributed by atoms with Crippen LogP contribution in [0.25, 0.3) is 22.1 Å². The Bertz CT molecular complexity index is 1400. The zero-order valence-corrected chi connectivity index (χ0v) is 22.3. The first-order chi connectivity index (χ1) is 18.4. The Morgan fingerprint density at radius 2 is 1.89 bits per heavy atom. The average molecular weight is 519 g/mol. The summed E-state index contributed by atoms with van der Waals surface area (Å²) >= 11 is 0. The minimum absolute atomic E-state index is 0.106. The SMILES string of the molecule is COCc1cc2cc(COc3cc(C)ccc3CC(=O)OC(C)COC)cc(-c3ccnc(CN)c3)c2o1. The van der Waals surface area contributed by atoms with Gasteiger partial charge >= 0.3 is 5.97 Å². The van der Waals surface area contributed by atoms with Gasteiger partial charge in [-0.2, -0.15) is 0 Å². The molecule has 0 spiro atoms. The molecule has 4 aromatic rings. The number of carbonyl (C=O) groups excluding carboxylic acids is 1. The molecule has 200 valence electrons. The summed E-state index contributed by atoms with van der Waals surface area (Å²) in [5.41, 5.74) is 12.0. The third-order valence-corrected chi connectivity index (χ3v) is 6.04. The second-order valence-electron chi connectivity index (χ2n) is 9.28. The van der Waals surface area contributed by atoms with Crippen LogP contribution in [0.4, 0.5) is 0 Å². The van der Waals surface area contributed by atoms with E-state index in [-0.39, 0.29) is 18.5 Å². The van der Waals surface area contributed by atoms with Gasteiger partial charge in [-0.05, 0) is 66.9 Å². The third-order valence-electron chi connectivity index (χ3n) is 6.04. The van der Waals surface area contributed by atoms with E-state index in [1.54, 1.807) is 27.3 Å². The van der Waals surface area contributed by atoms with Crippen LogP contribution < -0.4 is 10.5 Å². The summed E-state index contributed by atoms with van der Waals surface area (Å²) in [7, 11) is 3.21. The molecule has 0 aliphatic rings. The molecule has 1 unspecified atom stereocenters. The van der Waals surface area contributed by atoms with E-state index in [9.17, 15) is 4.79 Å². The van der Waals surface area contributed by atoms with Gasteiger partial charge in [-0.3, -0.25) is 9.78 Å². The molecule has 0 aliphatic carbocycles. The van der Waals surface area contributed by atoms with Gasteiger partial charge in [0.05, 0.1) is 18.7 Å². The highest BCUT2D eigenvalue weighted by atomic mass is 16.6. The first-order valence-electron chi connectivity index (χ1n) is 12.5. The molecular weight excluding hydrogens is 484 g/mol. The van der Waals surface area contributed by atoms with Crippen molar-refractivity contribution >= 4 is 16.9 Å². The molecule has 2 N–H and O–H groups in total. The zero-order valence-electron chi connectivity index (χ0n) is 22.3. The summed E-state index contributed by atoms with van der Waals surface area (Å²) in [5, 5.41) is 0.944. The molecule has 0 saturated heterocycles. The highest BCUT2D eigenvalue weighted by molar-refractivity contribution is 5.93. The Morgan fingerprint density at radius 3 is 2.66 bits per heavy atom. The van der Waals surface area contributed by atoms with Gasteiger partial charge < -0.3 is 29.1 Å². The van der Waals surface area contributed by atoms with Gasteiger partial charge in [0.15, 0.2) is 0 Å². The summed E-state index contributed by atoms with van der Waals surface area (Å²) in [4.78, 5) is 16.8. The summed E-state index contributed by atoms with van der Waals surface area (Å²) in [6, 6.07) is 15.8. The van der Waals surface area contributed by atoms with Crippen LogP contribution in [0.2, 0.25) is 0 Å². The van der Waals surface area contributed by atoms with Crippen LogP contribution in [0.5, 0.6) is 5.75 Å². The summed E-state index contributed by atoms with van der Waals surface area (Å²) in [6.07, 6.45) is 1.53. The van der Waals surface area contributed by atoms with Crippen molar-refractivity contribution in [1.82, 2.24) is 4.98 Å². The summed E-state index contributed by atoms with van der Waals surface area (Å²) in [6.45, 7) is 5.15. The number of methoxy groups -OCH3 is 2. The molecule has 0 saturated carbocycles. The first kappa shape index (κ1) is 27.3. The molecule has 4 rings (SSSR count). The standard InChI is InChI=1S/C30H34N2O6/c1-19-5-6-23(14-29(33)37-20(2)16-34-3)28(9-19)36-17-21-10-24-13-26(18-35-4)38-30(24)27(11-21)22-7-8-32-25(12-22)15-31/h5-13,20H,14-18,31H2,1-4H3. The lowest BCUT2D eigenvalue weighted by Gasteiger charge is -2.15. The maximum atomic E-state index is 12.5. The molecule has 0 fully saturated rings. The van der Waals surface area contributed by atoms with Gasteiger partial charge in [-0.1, -0.05) is 12.1 Å². The lowest BCUT2D eigenvalue weighted by atomic mass is 10.0. The molecule has 2 aromatic carbocycles. The minimum Gasteiger partial charge on any atom is -0.489 e. The van der Waals surface area contributed by atoms with Crippen molar-refractivity contribution in [3.05, 3.63) is 82.9 Å². The van der Waals surface area contributed by atoms with Crippen LogP contribution in [0.15, 0.2) is 59.1 Å². The maximum absolute atomic E-state index is 12.5. The second kappa shape index (κ2) is 12.7. The van der Waals surface area contributed by atoms with Crippen LogP contribution in [0.1, 0.15) is 35.1 Å². The summed E-state index contributed by atoms with van der Waals surface area (Å²) < 4.78 is 28.2. The number of aromatic nitrogens is 1. The van der Waals surface area contributed by atoms with E-state index in [1.165, 1.54) is 0 Å². The molecule has 38 heavy (non-hydrogen) atoms. The van der Waals surface area contributed by atoms with E-state index >= 15 is 0 Å². The van der Waals surface area contributed by atoms with Gasteiger partial charge in [0.2, 0.25) is 0 Å².